The Morgan fingerprint density at radius 1 is 1.42 bits per heavy atom. The lowest BCUT2D eigenvalue weighted by atomic mass is 10.2. The largest absolute Gasteiger partial charge is 0.508 e. The summed E-state index contributed by atoms with van der Waals surface area (Å²) in [7, 11) is 0. The monoisotopic (exact) mass is 224 g/mol. The fourth-order valence-electron chi connectivity index (χ4n) is 0.795. The van der Waals surface area contributed by atoms with Crippen molar-refractivity contribution in [3.63, 3.8) is 0 Å². The average Bonchev–Trinajstić information content (AvgIpc) is 2.05. The van der Waals surface area contributed by atoms with Crippen molar-refractivity contribution in [1.29, 1.82) is 0 Å². The molecular weight excluding hydrogens is 216 g/mol. The van der Waals surface area contributed by atoms with Gasteiger partial charge >= 0.3 is 0 Å². The summed E-state index contributed by atoms with van der Waals surface area (Å²) in [6.07, 6.45) is 0.829. The predicted molar refractivity (Wildman–Crippen MR) is 53.4 cm³/mol. The van der Waals surface area contributed by atoms with Gasteiger partial charge in [-0.2, -0.15) is 0 Å². The van der Waals surface area contributed by atoms with Crippen LogP contribution in [0.15, 0.2) is 24.3 Å². The fourth-order valence-corrected chi connectivity index (χ4v) is 0.994. The summed E-state index contributed by atoms with van der Waals surface area (Å²) in [6, 6.07) is 6.95. The second kappa shape index (κ2) is 4.84. The van der Waals surface area contributed by atoms with Crippen molar-refractivity contribution >= 4 is 15.9 Å². The molecule has 0 saturated heterocycles. The Hall–Kier alpha value is -0.940. The van der Waals surface area contributed by atoms with Crippen molar-refractivity contribution in [1.82, 2.24) is 0 Å². The van der Waals surface area contributed by atoms with Gasteiger partial charge in [0.15, 0.2) is 0 Å². The van der Waals surface area contributed by atoms with E-state index in [0.29, 0.717) is 0 Å². The molecule has 1 aromatic carbocycles. The van der Waals surface area contributed by atoms with Crippen molar-refractivity contribution in [3.05, 3.63) is 29.8 Å². The molecule has 0 fully saturated rings. The standard InChI is InChI=1S/C10H9BrO/c11-7-2-1-4-9-5-3-6-10(12)8-9/h3,5-6,8,12H,2,7H2. The Morgan fingerprint density at radius 3 is 2.92 bits per heavy atom. The number of hydrogen-bond acceptors (Lipinski definition) is 1. The van der Waals surface area contributed by atoms with Gasteiger partial charge in [0.1, 0.15) is 5.75 Å². The lowest BCUT2D eigenvalue weighted by molar-refractivity contribution is 0.475. The second-order valence-corrected chi connectivity index (χ2v) is 3.08. The third kappa shape index (κ3) is 2.98. The highest BCUT2D eigenvalue weighted by Crippen LogP contribution is 2.09. The zero-order valence-electron chi connectivity index (χ0n) is 6.55. The summed E-state index contributed by atoms with van der Waals surface area (Å²) in [5.74, 6) is 6.18. The van der Waals surface area contributed by atoms with Crippen LogP contribution >= 0.6 is 15.9 Å². The molecule has 0 amide bonds. The molecule has 1 nitrogen and oxygen atoms in total. The van der Waals surface area contributed by atoms with Gasteiger partial charge in [-0.15, -0.1) is 0 Å². The maximum atomic E-state index is 9.09. The highest BCUT2D eigenvalue weighted by atomic mass is 79.9. The Labute approximate surface area is 80.6 Å². The molecule has 62 valence electrons. The van der Waals surface area contributed by atoms with Crippen LogP contribution in [0.4, 0.5) is 0 Å². The molecule has 1 rings (SSSR count). The Kier molecular flexibility index (Phi) is 3.69. The number of phenolic OH excluding ortho intramolecular Hbond substituents is 1. The quantitative estimate of drug-likeness (QED) is 0.575. The van der Waals surface area contributed by atoms with E-state index in [0.717, 1.165) is 17.3 Å². The van der Waals surface area contributed by atoms with Gasteiger partial charge in [-0.3, -0.25) is 0 Å². The normalized spacial score (nSPS) is 8.75. The first-order valence-corrected chi connectivity index (χ1v) is 4.79. The number of alkyl halides is 1. The molecule has 0 bridgehead atoms. The highest BCUT2D eigenvalue weighted by molar-refractivity contribution is 9.09. The summed E-state index contributed by atoms with van der Waals surface area (Å²) >= 11 is 3.29. The second-order valence-electron chi connectivity index (χ2n) is 2.29. The maximum Gasteiger partial charge on any atom is 0.116 e. The van der Waals surface area contributed by atoms with Crippen LogP contribution in [0.3, 0.4) is 0 Å². The van der Waals surface area contributed by atoms with Crippen molar-refractivity contribution in [2.45, 2.75) is 6.42 Å². The van der Waals surface area contributed by atoms with Gasteiger partial charge in [-0.1, -0.05) is 33.8 Å². The molecule has 0 atom stereocenters. The smallest absolute Gasteiger partial charge is 0.116 e. The highest BCUT2D eigenvalue weighted by Gasteiger charge is 1.87. The Balaban J connectivity index is 2.71. The molecule has 0 saturated carbocycles. The van der Waals surface area contributed by atoms with E-state index in [4.69, 9.17) is 5.11 Å². The third-order valence-electron chi connectivity index (χ3n) is 1.30. The van der Waals surface area contributed by atoms with E-state index < -0.39 is 0 Å². The van der Waals surface area contributed by atoms with Gasteiger partial charge in [0.05, 0.1) is 0 Å². The van der Waals surface area contributed by atoms with Crippen molar-refractivity contribution in [2.24, 2.45) is 0 Å². The van der Waals surface area contributed by atoms with Crippen molar-refractivity contribution < 1.29 is 5.11 Å². The maximum absolute atomic E-state index is 9.09. The van der Waals surface area contributed by atoms with Gasteiger partial charge in [0, 0.05) is 17.3 Å². The minimum absolute atomic E-state index is 0.264. The van der Waals surface area contributed by atoms with Gasteiger partial charge in [0.25, 0.3) is 0 Å². The number of halogens is 1. The molecule has 0 unspecified atom stereocenters. The molecule has 0 aliphatic carbocycles. The van der Waals surface area contributed by atoms with Crippen LogP contribution in [0.2, 0.25) is 0 Å². The number of phenols is 1. The topological polar surface area (TPSA) is 20.2 Å². The Bertz CT molecular complexity index is 309. The van der Waals surface area contributed by atoms with Crippen LogP contribution in [0.5, 0.6) is 5.75 Å². The van der Waals surface area contributed by atoms with E-state index in [1.165, 1.54) is 0 Å². The minimum Gasteiger partial charge on any atom is -0.508 e. The first-order chi connectivity index (χ1) is 5.83. The van der Waals surface area contributed by atoms with E-state index in [1.54, 1.807) is 18.2 Å². The number of benzene rings is 1. The zero-order chi connectivity index (χ0) is 8.81. The summed E-state index contributed by atoms with van der Waals surface area (Å²) in [5, 5.41) is 9.98. The molecule has 0 radical (unpaired) electrons. The van der Waals surface area contributed by atoms with Gasteiger partial charge < -0.3 is 5.11 Å². The van der Waals surface area contributed by atoms with Crippen molar-refractivity contribution in [2.75, 3.05) is 5.33 Å². The fraction of sp³-hybridized carbons (Fsp3) is 0.200. The minimum atomic E-state index is 0.264. The lowest BCUT2D eigenvalue weighted by Crippen LogP contribution is -1.73. The molecular formula is C10H9BrO. The predicted octanol–water partition coefficient (Wildman–Crippen LogP) is 2.53. The molecule has 1 N–H and O–H groups in total. The molecule has 12 heavy (non-hydrogen) atoms. The van der Waals surface area contributed by atoms with Crippen LogP contribution in [-0.4, -0.2) is 10.4 Å². The summed E-state index contributed by atoms with van der Waals surface area (Å²) in [5.41, 5.74) is 0.857. The molecule has 0 aromatic heterocycles. The van der Waals surface area contributed by atoms with Crippen LogP contribution in [0, 0.1) is 11.8 Å². The molecule has 0 spiro atoms. The average molecular weight is 225 g/mol. The van der Waals surface area contributed by atoms with Crippen LogP contribution < -0.4 is 0 Å². The van der Waals surface area contributed by atoms with E-state index in [1.807, 2.05) is 6.07 Å². The zero-order valence-corrected chi connectivity index (χ0v) is 8.13. The van der Waals surface area contributed by atoms with Crippen LogP contribution in [0.25, 0.3) is 0 Å². The molecule has 0 heterocycles. The summed E-state index contributed by atoms with van der Waals surface area (Å²) < 4.78 is 0. The first-order valence-electron chi connectivity index (χ1n) is 3.67. The molecule has 0 aliphatic rings. The van der Waals surface area contributed by atoms with Crippen molar-refractivity contribution in [3.8, 4) is 17.6 Å². The first kappa shape index (κ1) is 9.15. The Morgan fingerprint density at radius 2 is 2.25 bits per heavy atom. The molecule has 2 heteroatoms. The van der Waals surface area contributed by atoms with E-state index >= 15 is 0 Å². The molecule has 0 aliphatic heterocycles. The summed E-state index contributed by atoms with van der Waals surface area (Å²) in [6.45, 7) is 0. The van der Waals surface area contributed by atoms with Gasteiger partial charge in [-0.25, -0.2) is 0 Å². The van der Waals surface area contributed by atoms with Gasteiger partial charge in [-0.05, 0) is 18.2 Å². The van der Waals surface area contributed by atoms with Gasteiger partial charge in [0.2, 0.25) is 0 Å². The van der Waals surface area contributed by atoms with Crippen LogP contribution in [-0.2, 0) is 0 Å². The third-order valence-corrected chi connectivity index (χ3v) is 1.69. The number of aromatic hydroxyl groups is 1. The number of hydrogen-bond donors (Lipinski definition) is 1. The lowest BCUT2D eigenvalue weighted by Gasteiger charge is -1.90. The number of rotatable bonds is 1. The molecule has 1 aromatic rings. The van der Waals surface area contributed by atoms with Crippen LogP contribution in [0.1, 0.15) is 12.0 Å². The van der Waals surface area contributed by atoms with E-state index in [9.17, 15) is 0 Å². The summed E-state index contributed by atoms with van der Waals surface area (Å²) in [4.78, 5) is 0. The SMILES string of the molecule is Oc1cccc(C#CCCBr)c1. The van der Waals surface area contributed by atoms with E-state index in [-0.39, 0.29) is 5.75 Å². The van der Waals surface area contributed by atoms with E-state index in [2.05, 4.69) is 27.8 Å².